The molecule has 0 heterocycles. The molecule has 0 spiro atoms. The van der Waals surface area contributed by atoms with E-state index in [4.69, 9.17) is 4.74 Å². The summed E-state index contributed by atoms with van der Waals surface area (Å²) in [5, 5.41) is 5.30. The fraction of sp³-hybridized carbons (Fsp3) is 0.190. The number of amides is 1. The fourth-order valence-corrected chi connectivity index (χ4v) is 2.56. The molecule has 0 aromatic heterocycles. The average molecular weight is 319 g/mol. The highest BCUT2D eigenvalue weighted by Crippen LogP contribution is 2.16. The molecule has 122 valence electrons. The van der Waals surface area contributed by atoms with E-state index in [2.05, 4.69) is 29.6 Å². The predicted molar refractivity (Wildman–Crippen MR) is 97.1 cm³/mol. The van der Waals surface area contributed by atoms with Crippen LogP contribution in [0.3, 0.4) is 0 Å². The molecular formula is C21H21NO2. The van der Waals surface area contributed by atoms with Crippen LogP contribution in [0.15, 0.2) is 66.7 Å². The van der Waals surface area contributed by atoms with Crippen LogP contribution in [0.4, 0.5) is 0 Å². The monoisotopic (exact) mass is 319 g/mol. The Hall–Kier alpha value is -2.81. The normalized spacial score (nSPS) is 11.9. The molecule has 3 aromatic rings. The van der Waals surface area contributed by atoms with Gasteiger partial charge in [-0.2, -0.15) is 0 Å². The average Bonchev–Trinajstić information content (AvgIpc) is 2.61. The molecule has 1 atom stereocenters. The van der Waals surface area contributed by atoms with E-state index in [1.54, 1.807) is 6.92 Å². The Labute approximate surface area is 142 Å². The Morgan fingerprint density at radius 1 is 1.00 bits per heavy atom. The van der Waals surface area contributed by atoms with Crippen molar-refractivity contribution in [2.75, 3.05) is 0 Å². The van der Waals surface area contributed by atoms with Gasteiger partial charge in [-0.25, -0.2) is 0 Å². The summed E-state index contributed by atoms with van der Waals surface area (Å²) in [6.45, 7) is 4.27. The second-order valence-corrected chi connectivity index (χ2v) is 5.97. The second kappa shape index (κ2) is 7.18. The van der Waals surface area contributed by atoms with Gasteiger partial charge in [-0.15, -0.1) is 0 Å². The largest absolute Gasteiger partial charge is 0.481 e. The lowest BCUT2D eigenvalue weighted by molar-refractivity contribution is -0.127. The number of carbonyl (C=O) groups is 1. The molecule has 0 saturated heterocycles. The van der Waals surface area contributed by atoms with Gasteiger partial charge in [0.2, 0.25) is 0 Å². The van der Waals surface area contributed by atoms with Crippen LogP contribution in [0.5, 0.6) is 5.75 Å². The lowest BCUT2D eigenvalue weighted by Gasteiger charge is -2.15. The lowest BCUT2D eigenvalue weighted by Crippen LogP contribution is -2.35. The van der Waals surface area contributed by atoms with E-state index >= 15 is 0 Å². The van der Waals surface area contributed by atoms with E-state index in [9.17, 15) is 4.79 Å². The molecule has 0 aliphatic rings. The zero-order chi connectivity index (χ0) is 16.9. The molecule has 0 unspecified atom stereocenters. The smallest absolute Gasteiger partial charge is 0.261 e. The van der Waals surface area contributed by atoms with Gasteiger partial charge in [0, 0.05) is 6.54 Å². The molecule has 24 heavy (non-hydrogen) atoms. The van der Waals surface area contributed by atoms with E-state index < -0.39 is 6.10 Å². The number of hydrogen-bond acceptors (Lipinski definition) is 2. The van der Waals surface area contributed by atoms with Gasteiger partial charge < -0.3 is 10.1 Å². The van der Waals surface area contributed by atoms with Gasteiger partial charge in [-0.1, -0.05) is 54.1 Å². The van der Waals surface area contributed by atoms with Gasteiger partial charge in [0.05, 0.1) is 0 Å². The summed E-state index contributed by atoms with van der Waals surface area (Å²) in [5.41, 5.74) is 2.24. The maximum Gasteiger partial charge on any atom is 0.261 e. The van der Waals surface area contributed by atoms with Crippen molar-refractivity contribution in [1.82, 2.24) is 5.32 Å². The van der Waals surface area contributed by atoms with E-state index in [0.29, 0.717) is 12.3 Å². The number of rotatable bonds is 5. The zero-order valence-corrected chi connectivity index (χ0v) is 14.0. The Bertz CT molecular complexity index is 840. The Balaban J connectivity index is 1.58. The maximum atomic E-state index is 12.2. The van der Waals surface area contributed by atoms with Gasteiger partial charge in [-0.05, 0) is 48.4 Å². The van der Waals surface area contributed by atoms with Gasteiger partial charge >= 0.3 is 0 Å². The van der Waals surface area contributed by atoms with Crippen LogP contribution in [0.25, 0.3) is 10.8 Å². The second-order valence-electron chi connectivity index (χ2n) is 5.97. The fourth-order valence-electron chi connectivity index (χ4n) is 2.56. The minimum absolute atomic E-state index is 0.122. The van der Waals surface area contributed by atoms with Crippen molar-refractivity contribution in [3.63, 3.8) is 0 Å². The van der Waals surface area contributed by atoms with Crippen molar-refractivity contribution in [1.29, 1.82) is 0 Å². The molecule has 0 saturated carbocycles. The first-order valence-corrected chi connectivity index (χ1v) is 8.10. The van der Waals surface area contributed by atoms with Crippen LogP contribution in [-0.4, -0.2) is 12.0 Å². The molecule has 0 fully saturated rings. The number of ether oxygens (including phenoxy) is 1. The number of aryl methyl sites for hydroxylation is 1. The first-order chi connectivity index (χ1) is 11.6. The van der Waals surface area contributed by atoms with Crippen molar-refractivity contribution in [2.45, 2.75) is 26.5 Å². The molecule has 3 heteroatoms. The Morgan fingerprint density at radius 2 is 1.71 bits per heavy atom. The molecule has 1 N–H and O–H groups in total. The van der Waals surface area contributed by atoms with Gasteiger partial charge in [0.25, 0.3) is 5.91 Å². The molecule has 1 amide bonds. The number of fused-ring (bicyclic) bond motifs is 1. The SMILES string of the molecule is Cc1ccc(O[C@@H](C)C(=O)NCc2ccc3ccccc3c2)cc1. The third-order valence-electron chi connectivity index (χ3n) is 3.98. The summed E-state index contributed by atoms with van der Waals surface area (Å²) >= 11 is 0. The molecule has 3 aromatic carbocycles. The summed E-state index contributed by atoms with van der Waals surface area (Å²) in [4.78, 5) is 12.2. The molecular weight excluding hydrogens is 298 g/mol. The summed E-state index contributed by atoms with van der Waals surface area (Å²) in [6, 6.07) is 22.1. The van der Waals surface area contributed by atoms with E-state index in [1.165, 1.54) is 10.8 Å². The van der Waals surface area contributed by atoms with Crippen LogP contribution in [0.1, 0.15) is 18.1 Å². The number of hydrogen-bond donors (Lipinski definition) is 1. The van der Waals surface area contributed by atoms with Crippen molar-refractivity contribution >= 4 is 16.7 Å². The maximum absolute atomic E-state index is 12.2. The van der Waals surface area contributed by atoms with Crippen LogP contribution in [0.2, 0.25) is 0 Å². The van der Waals surface area contributed by atoms with Crippen molar-refractivity contribution in [3.8, 4) is 5.75 Å². The van der Waals surface area contributed by atoms with Crippen LogP contribution in [-0.2, 0) is 11.3 Å². The Kier molecular flexibility index (Phi) is 4.80. The number of nitrogens with one attached hydrogen (secondary N) is 1. The summed E-state index contributed by atoms with van der Waals surface area (Å²) in [6.07, 6.45) is -0.534. The lowest BCUT2D eigenvalue weighted by atomic mass is 10.1. The minimum Gasteiger partial charge on any atom is -0.481 e. The van der Waals surface area contributed by atoms with Gasteiger partial charge in [-0.3, -0.25) is 4.79 Å². The molecule has 0 aliphatic heterocycles. The van der Waals surface area contributed by atoms with Crippen LogP contribution < -0.4 is 10.1 Å². The Morgan fingerprint density at radius 3 is 2.46 bits per heavy atom. The number of benzene rings is 3. The van der Waals surface area contributed by atoms with Crippen molar-refractivity contribution in [2.24, 2.45) is 0 Å². The summed E-state index contributed by atoms with van der Waals surface area (Å²) in [7, 11) is 0. The predicted octanol–water partition coefficient (Wildman–Crippen LogP) is 4.23. The third kappa shape index (κ3) is 3.93. The molecule has 3 rings (SSSR count). The van der Waals surface area contributed by atoms with Gasteiger partial charge in [0.15, 0.2) is 6.10 Å². The first kappa shape index (κ1) is 16.1. The highest BCUT2D eigenvalue weighted by atomic mass is 16.5. The van der Waals surface area contributed by atoms with Crippen LogP contribution >= 0.6 is 0 Å². The van der Waals surface area contributed by atoms with Gasteiger partial charge in [0.1, 0.15) is 5.75 Å². The highest BCUT2D eigenvalue weighted by Gasteiger charge is 2.14. The molecule has 3 nitrogen and oxygen atoms in total. The van der Waals surface area contributed by atoms with E-state index in [0.717, 1.165) is 11.1 Å². The van der Waals surface area contributed by atoms with E-state index in [-0.39, 0.29) is 5.91 Å². The standard InChI is InChI=1S/C21H21NO2/c1-15-7-11-20(12-8-15)24-16(2)21(23)22-14-17-9-10-18-5-3-4-6-19(18)13-17/h3-13,16H,14H2,1-2H3,(H,22,23)/t16-/m0/s1. The van der Waals surface area contributed by atoms with Crippen molar-refractivity contribution in [3.05, 3.63) is 77.9 Å². The summed E-state index contributed by atoms with van der Waals surface area (Å²) in [5.74, 6) is 0.581. The first-order valence-electron chi connectivity index (χ1n) is 8.10. The van der Waals surface area contributed by atoms with E-state index in [1.807, 2.05) is 49.4 Å². The topological polar surface area (TPSA) is 38.3 Å². The quantitative estimate of drug-likeness (QED) is 0.764. The summed E-state index contributed by atoms with van der Waals surface area (Å²) < 4.78 is 5.68. The third-order valence-corrected chi connectivity index (χ3v) is 3.98. The van der Waals surface area contributed by atoms with Crippen LogP contribution in [0, 0.1) is 6.92 Å². The molecule has 0 aliphatic carbocycles. The minimum atomic E-state index is -0.534. The zero-order valence-electron chi connectivity index (χ0n) is 14.0. The number of carbonyl (C=O) groups excluding carboxylic acids is 1. The molecule has 0 radical (unpaired) electrons. The van der Waals surface area contributed by atoms with Crippen molar-refractivity contribution < 1.29 is 9.53 Å². The molecule has 0 bridgehead atoms. The highest BCUT2D eigenvalue weighted by molar-refractivity contribution is 5.83.